The van der Waals surface area contributed by atoms with Crippen molar-refractivity contribution < 1.29 is 14.3 Å². The number of piperidine rings is 1. The summed E-state index contributed by atoms with van der Waals surface area (Å²) in [6.45, 7) is 3.14. The van der Waals surface area contributed by atoms with Crippen LogP contribution in [0.3, 0.4) is 0 Å². The van der Waals surface area contributed by atoms with Gasteiger partial charge in [0.25, 0.3) is 0 Å². The summed E-state index contributed by atoms with van der Waals surface area (Å²) in [5, 5.41) is 3.10. The van der Waals surface area contributed by atoms with Gasteiger partial charge in [0.1, 0.15) is 0 Å². The highest BCUT2D eigenvalue weighted by molar-refractivity contribution is 7.09. The minimum Gasteiger partial charge on any atom is -0.383 e. The van der Waals surface area contributed by atoms with E-state index in [9.17, 15) is 9.59 Å². The molecule has 1 aromatic rings. The number of thiazole rings is 1. The first-order valence-corrected chi connectivity index (χ1v) is 9.02. The second kappa shape index (κ2) is 7.40. The van der Waals surface area contributed by atoms with Gasteiger partial charge in [-0.1, -0.05) is 0 Å². The van der Waals surface area contributed by atoms with Crippen LogP contribution in [0.1, 0.15) is 30.2 Å². The largest absolute Gasteiger partial charge is 0.383 e. The molecule has 0 aromatic carbocycles. The van der Waals surface area contributed by atoms with Crippen molar-refractivity contribution in [3.05, 3.63) is 16.6 Å². The van der Waals surface area contributed by atoms with Crippen LogP contribution in [0.4, 0.5) is 0 Å². The van der Waals surface area contributed by atoms with E-state index >= 15 is 0 Å². The molecule has 1 aromatic heterocycles. The number of aromatic nitrogens is 1. The van der Waals surface area contributed by atoms with Gasteiger partial charge in [0.05, 0.1) is 17.5 Å². The number of likely N-dealkylation sites (tertiary alicyclic amines) is 2. The maximum Gasteiger partial charge on any atom is 0.228 e. The number of methoxy groups -OCH3 is 1. The molecule has 2 atom stereocenters. The molecule has 0 aliphatic carbocycles. The molecule has 3 rings (SSSR count). The zero-order chi connectivity index (χ0) is 16.2. The molecule has 126 valence electrons. The lowest BCUT2D eigenvalue weighted by atomic mass is 9.96. The average molecular weight is 337 g/mol. The number of ether oxygens (including phenoxy) is 1. The molecule has 0 radical (unpaired) electrons. The minimum atomic E-state index is -0.200. The predicted molar refractivity (Wildman–Crippen MR) is 87.2 cm³/mol. The second-order valence-electron chi connectivity index (χ2n) is 6.23. The lowest BCUT2D eigenvalue weighted by Gasteiger charge is -2.33. The molecule has 0 N–H and O–H groups in total. The summed E-state index contributed by atoms with van der Waals surface area (Å²) in [5.74, 6) is 0.331. The van der Waals surface area contributed by atoms with E-state index in [2.05, 4.69) is 4.98 Å². The molecule has 23 heavy (non-hydrogen) atoms. The van der Waals surface area contributed by atoms with Crippen molar-refractivity contribution in [2.75, 3.05) is 39.9 Å². The summed E-state index contributed by atoms with van der Waals surface area (Å²) in [4.78, 5) is 32.9. The SMILES string of the molecule is COCCN1C[C@@H](C(=O)N2CCC[C@H](c3nccs3)C2)CC1=O. The Morgan fingerprint density at radius 2 is 2.35 bits per heavy atom. The normalized spacial score (nSPS) is 25.2. The molecule has 3 heterocycles. The number of rotatable bonds is 5. The molecular formula is C16H23N3O3S. The molecular weight excluding hydrogens is 314 g/mol. The lowest BCUT2D eigenvalue weighted by Crippen LogP contribution is -2.43. The van der Waals surface area contributed by atoms with E-state index < -0.39 is 0 Å². The predicted octanol–water partition coefficient (Wildman–Crippen LogP) is 1.34. The highest BCUT2D eigenvalue weighted by Gasteiger charge is 2.37. The first-order chi connectivity index (χ1) is 11.2. The van der Waals surface area contributed by atoms with Crippen molar-refractivity contribution in [3.8, 4) is 0 Å². The number of hydrogen-bond donors (Lipinski definition) is 0. The monoisotopic (exact) mass is 337 g/mol. The van der Waals surface area contributed by atoms with Gasteiger partial charge in [0.15, 0.2) is 0 Å². The number of amides is 2. The molecule has 0 saturated carbocycles. The highest BCUT2D eigenvalue weighted by Crippen LogP contribution is 2.30. The highest BCUT2D eigenvalue weighted by atomic mass is 32.1. The second-order valence-corrected chi connectivity index (χ2v) is 7.15. The Morgan fingerprint density at radius 3 is 3.09 bits per heavy atom. The average Bonchev–Trinajstić information content (AvgIpc) is 3.22. The Bertz CT molecular complexity index is 549. The van der Waals surface area contributed by atoms with Crippen molar-refractivity contribution in [2.24, 2.45) is 5.92 Å². The van der Waals surface area contributed by atoms with Gasteiger partial charge in [-0.05, 0) is 12.8 Å². The standard InChI is InChI=1S/C16H23N3O3S/c1-22-7-6-18-11-13(9-14(18)20)16(21)19-5-2-3-12(10-19)15-17-4-8-23-15/h4,8,12-13H,2-3,5-7,9-11H2,1H3/t12-,13-/m0/s1. The van der Waals surface area contributed by atoms with Crippen LogP contribution in [0, 0.1) is 5.92 Å². The van der Waals surface area contributed by atoms with Gasteiger partial charge in [-0.2, -0.15) is 0 Å². The van der Waals surface area contributed by atoms with Crippen LogP contribution in [-0.4, -0.2) is 66.5 Å². The van der Waals surface area contributed by atoms with Crippen molar-refractivity contribution in [3.63, 3.8) is 0 Å². The van der Waals surface area contributed by atoms with E-state index in [0.29, 0.717) is 32.0 Å². The van der Waals surface area contributed by atoms with Gasteiger partial charge < -0.3 is 14.5 Å². The Balaban J connectivity index is 1.58. The molecule has 2 aliphatic rings. The van der Waals surface area contributed by atoms with Crippen molar-refractivity contribution in [1.29, 1.82) is 0 Å². The summed E-state index contributed by atoms with van der Waals surface area (Å²) in [5.41, 5.74) is 0. The van der Waals surface area contributed by atoms with Gasteiger partial charge in [0.2, 0.25) is 11.8 Å². The Kier molecular flexibility index (Phi) is 5.27. The van der Waals surface area contributed by atoms with E-state index in [1.165, 1.54) is 0 Å². The fraction of sp³-hybridized carbons (Fsp3) is 0.688. The first kappa shape index (κ1) is 16.4. The summed E-state index contributed by atoms with van der Waals surface area (Å²) in [6, 6.07) is 0. The van der Waals surface area contributed by atoms with Crippen LogP contribution >= 0.6 is 11.3 Å². The Hall–Kier alpha value is -1.47. The van der Waals surface area contributed by atoms with E-state index in [0.717, 1.165) is 30.9 Å². The van der Waals surface area contributed by atoms with Gasteiger partial charge in [-0.15, -0.1) is 11.3 Å². The van der Waals surface area contributed by atoms with Crippen molar-refractivity contribution in [1.82, 2.24) is 14.8 Å². The maximum atomic E-state index is 12.8. The quantitative estimate of drug-likeness (QED) is 0.813. The summed E-state index contributed by atoms with van der Waals surface area (Å²) in [7, 11) is 1.62. The Labute approximate surface area is 140 Å². The fourth-order valence-electron chi connectivity index (χ4n) is 3.43. The summed E-state index contributed by atoms with van der Waals surface area (Å²) in [6.07, 6.45) is 4.25. The molecule has 2 aliphatic heterocycles. The van der Waals surface area contributed by atoms with Crippen LogP contribution in [0.15, 0.2) is 11.6 Å². The van der Waals surface area contributed by atoms with E-state index in [-0.39, 0.29) is 17.7 Å². The van der Waals surface area contributed by atoms with E-state index in [1.807, 2.05) is 16.5 Å². The van der Waals surface area contributed by atoms with Crippen LogP contribution in [0.2, 0.25) is 0 Å². The molecule has 0 bridgehead atoms. The molecule has 2 saturated heterocycles. The number of nitrogens with zero attached hydrogens (tertiary/aromatic N) is 3. The number of carbonyl (C=O) groups is 2. The van der Waals surface area contributed by atoms with Crippen LogP contribution in [0.25, 0.3) is 0 Å². The van der Waals surface area contributed by atoms with Crippen LogP contribution in [-0.2, 0) is 14.3 Å². The number of hydrogen-bond acceptors (Lipinski definition) is 5. The third-order valence-corrected chi connectivity index (χ3v) is 5.60. The summed E-state index contributed by atoms with van der Waals surface area (Å²) >= 11 is 1.66. The van der Waals surface area contributed by atoms with Gasteiger partial charge >= 0.3 is 0 Å². The van der Waals surface area contributed by atoms with Crippen LogP contribution < -0.4 is 0 Å². The smallest absolute Gasteiger partial charge is 0.228 e. The van der Waals surface area contributed by atoms with Gasteiger partial charge in [-0.3, -0.25) is 9.59 Å². The molecule has 7 heteroatoms. The molecule has 2 fully saturated rings. The zero-order valence-corrected chi connectivity index (χ0v) is 14.3. The molecule has 0 spiro atoms. The third kappa shape index (κ3) is 3.72. The fourth-order valence-corrected chi connectivity index (χ4v) is 4.20. The van der Waals surface area contributed by atoms with Crippen LogP contribution in [0.5, 0.6) is 0 Å². The zero-order valence-electron chi connectivity index (χ0n) is 13.4. The van der Waals surface area contributed by atoms with E-state index in [1.54, 1.807) is 23.3 Å². The maximum absolute atomic E-state index is 12.8. The molecule has 6 nitrogen and oxygen atoms in total. The first-order valence-electron chi connectivity index (χ1n) is 8.14. The topological polar surface area (TPSA) is 62.7 Å². The van der Waals surface area contributed by atoms with Crippen molar-refractivity contribution in [2.45, 2.75) is 25.2 Å². The molecule has 0 unspecified atom stereocenters. The lowest BCUT2D eigenvalue weighted by molar-refractivity contribution is -0.137. The minimum absolute atomic E-state index is 0.0638. The van der Waals surface area contributed by atoms with E-state index in [4.69, 9.17) is 4.74 Å². The third-order valence-electron chi connectivity index (χ3n) is 4.66. The van der Waals surface area contributed by atoms with Gasteiger partial charge in [-0.25, -0.2) is 4.98 Å². The molecule has 2 amide bonds. The summed E-state index contributed by atoms with van der Waals surface area (Å²) < 4.78 is 5.02. The van der Waals surface area contributed by atoms with Crippen molar-refractivity contribution >= 4 is 23.2 Å². The van der Waals surface area contributed by atoms with Gasteiger partial charge in [0, 0.05) is 57.2 Å². The Morgan fingerprint density at radius 1 is 1.48 bits per heavy atom. The number of carbonyl (C=O) groups excluding carboxylic acids is 2.